The second kappa shape index (κ2) is 12.2. The van der Waals surface area contributed by atoms with Crippen LogP contribution in [0.15, 0.2) is 0 Å². The van der Waals surface area contributed by atoms with Gasteiger partial charge in [0, 0.05) is 16.8 Å². The van der Waals surface area contributed by atoms with Gasteiger partial charge < -0.3 is 5.73 Å². The summed E-state index contributed by atoms with van der Waals surface area (Å²) < 4.78 is 0. The maximum Gasteiger partial charge on any atom is 0.204 e. The number of primary amides is 1. The molecular formula is CH3CoNO. The molecule has 2 N–H and O–H groups in total. The van der Waals surface area contributed by atoms with Crippen molar-refractivity contribution in [1.29, 1.82) is 0 Å². The van der Waals surface area contributed by atoms with E-state index in [0.29, 0.717) is 0 Å². The van der Waals surface area contributed by atoms with Gasteiger partial charge in [0.25, 0.3) is 0 Å². The molecule has 0 heterocycles. The molecule has 1 radical (unpaired) electrons. The van der Waals surface area contributed by atoms with Crippen LogP contribution in [0.5, 0.6) is 0 Å². The molecular weight excluding hydrogens is 101 g/mol. The van der Waals surface area contributed by atoms with Gasteiger partial charge >= 0.3 is 0 Å². The van der Waals surface area contributed by atoms with E-state index in [1.165, 1.54) is 0 Å². The Morgan fingerprint density at radius 1 is 1.75 bits per heavy atom. The van der Waals surface area contributed by atoms with Crippen LogP contribution >= 0.6 is 0 Å². The van der Waals surface area contributed by atoms with Crippen molar-refractivity contribution < 1.29 is 21.6 Å². The van der Waals surface area contributed by atoms with Crippen LogP contribution in [-0.2, 0) is 21.6 Å². The number of hydrogen-bond donors (Lipinski definition) is 1. The number of nitrogens with two attached hydrogens (primary N) is 1. The zero-order valence-corrected chi connectivity index (χ0v) is 2.94. The maximum atomic E-state index is 8.58. The van der Waals surface area contributed by atoms with Gasteiger partial charge in [0.2, 0.25) is 6.41 Å². The summed E-state index contributed by atoms with van der Waals surface area (Å²) in [6.07, 6.45) is 0.250. The van der Waals surface area contributed by atoms with Crippen molar-refractivity contribution in [3.8, 4) is 0 Å². The predicted molar refractivity (Wildman–Crippen MR) is 10.3 cm³/mol. The van der Waals surface area contributed by atoms with Crippen molar-refractivity contribution in [3.63, 3.8) is 0 Å². The third-order valence-corrected chi connectivity index (χ3v) is 0. The van der Waals surface area contributed by atoms with Crippen LogP contribution in [0.1, 0.15) is 0 Å². The Hall–Kier alpha value is -0.0235. The van der Waals surface area contributed by atoms with E-state index in [0.717, 1.165) is 0 Å². The number of carbonyl (C=O) groups excluding carboxylic acids is 1. The summed E-state index contributed by atoms with van der Waals surface area (Å²) in [5.41, 5.74) is 4.17. The third kappa shape index (κ3) is 3410. The smallest absolute Gasteiger partial charge is 0.204 e. The summed E-state index contributed by atoms with van der Waals surface area (Å²) in [5, 5.41) is 0. The fourth-order valence-corrected chi connectivity index (χ4v) is 0. The summed E-state index contributed by atoms with van der Waals surface area (Å²) in [4.78, 5) is 8.58. The van der Waals surface area contributed by atoms with E-state index in [1.807, 2.05) is 0 Å². The van der Waals surface area contributed by atoms with Gasteiger partial charge in [0.1, 0.15) is 0 Å². The fraction of sp³-hybridized carbons (Fsp3) is 0. The van der Waals surface area contributed by atoms with Crippen LogP contribution in [0, 0.1) is 0 Å². The minimum Gasteiger partial charge on any atom is -0.372 e. The average molecular weight is 104 g/mol. The first kappa shape index (κ1) is 9.02. The molecule has 3 heteroatoms. The van der Waals surface area contributed by atoms with Gasteiger partial charge in [0.15, 0.2) is 0 Å². The molecule has 0 spiro atoms. The number of rotatable bonds is 0. The Morgan fingerprint density at radius 2 is 1.75 bits per heavy atom. The zero-order chi connectivity index (χ0) is 2.71. The number of hydrogen-bond acceptors (Lipinski definition) is 1. The zero-order valence-electron chi connectivity index (χ0n) is 1.90. The Labute approximate surface area is 34.6 Å². The molecule has 0 atom stereocenters. The molecule has 0 saturated heterocycles. The second-order valence-electron chi connectivity index (χ2n) is 0.136. The fourth-order valence-electron chi connectivity index (χ4n) is 0. The molecule has 0 bridgehead atoms. The molecule has 0 fully saturated rings. The minimum absolute atomic E-state index is 0. The Bertz CT molecular complexity index is 15.5. The van der Waals surface area contributed by atoms with Crippen LogP contribution in [-0.4, -0.2) is 6.41 Å². The van der Waals surface area contributed by atoms with Gasteiger partial charge in [0.05, 0.1) is 0 Å². The van der Waals surface area contributed by atoms with E-state index in [-0.39, 0.29) is 23.2 Å². The van der Waals surface area contributed by atoms with E-state index >= 15 is 0 Å². The van der Waals surface area contributed by atoms with Crippen molar-refractivity contribution in [2.75, 3.05) is 0 Å². The summed E-state index contributed by atoms with van der Waals surface area (Å²) in [7, 11) is 0. The van der Waals surface area contributed by atoms with Crippen molar-refractivity contribution in [2.45, 2.75) is 0 Å². The van der Waals surface area contributed by atoms with Crippen LogP contribution in [0.2, 0.25) is 0 Å². The van der Waals surface area contributed by atoms with Crippen LogP contribution < -0.4 is 5.73 Å². The second-order valence-corrected chi connectivity index (χ2v) is 0.136. The molecule has 0 unspecified atom stereocenters. The molecule has 0 aromatic heterocycles. The molecule has 0 aliphatic rings. The van der Waals surface area contributed by atoms with Crippen molar-refractivity contribution in [1.82, 2.24) is 0 Å². The van der Waals surface area contributed by atoms with Gasteiger partial charge in [-0.2, -0.15) is 0 Å². The van der Waals surface area contributed by atoms with E-state index in [4.69, 9.17) is 4.79 Å². The number of carbonyl (C=O) groups is 1. The molecule has 0 rings (SSSR count). The minimum atomic E-state index is 0. The van der Waals surface area contributed by atoms with Gasteiger partial charge in [-0.3, -0.25) is 4.79 Å². The topological polar surface area (TPSA) is 43.1 Å². The maximum absolute atomic E-state index is 8.58. The Kier molecular flexibility index (Phi) is 27.5. The molecule has 1 amide bonds. The van der Waals surface area contributed by atoms with Gasteiger partial charge in [-0.25, -0.2) is 0 Å². The van der Waals surface area contributed by atoms with Gasteiger partial charge in [-0.05, 0) is 0 Å². The third-order valence-electron chi connectivity index (χ3n) is 0. The molecule has 27 valence electrons. The SMILES string of the molecule is NC=O.[Co]. The van der Waals surface area contributed by atoms with E-state index in [9.17, 15) is 0 Å². The van der Waals surface area contributed by atoms with Gasteiger partial charge in [-0.1, -0.05) is 0 Å². The monoisotopic (exact) mass is 104 g/mol. The average Bonchev–Trinajstić information content (AvgIpc) is 0.918. The van der Waals surface area contributed by atoms with Crippen LogP contribution in [0.3, 0.4) is 0 Å². The van der Waals surface area contributed by atoms with Crippen molar-refractivity contribution in [2.24, 2.45) is 5.73 Å². The molecule has 0 aliphatic heterocycles. The first-order valence-corrected chi connectivity index (χ1v) is 0.569. The summed E-state index contributed by atoms with van der Waals surface area (Å²) in [5.74, 6) is 0. The molecule has 0 aromatic rings. The largest absolute Gasteiger partial charge is 0.372 e. The predicted octanol–water partition coefficient (Wildman–Crippen LogP) is -0.901. The Morgan fingerprint density at radius 3 is 1.75 bits per heavy atom. The van der Waals surface area contributed by atoms with Gasteiger partial charge in [-0.15, -0.1) is 0 Å². The molecule has 2 nitrogen and oxygen atoms in total. The number of amides is 1. The summed E-state index contributed by atoms with van der Waals surface area (Å²) in [6, 6.07) is 0. The van der Waals surface area contributed by atoms with E-state index < -0.39 is 0 Å². The van der Waals surface area contributed by atoms with E-state index in [1.54, 1.807) is 0 Å². The molecule has 4 heavy (non-hydrogen) atoms. The standard InChI is InChI=1S/CH3NO.Co/c2-1-3;/h1H,(H2,2,3);. The van der Waals surface area contributed by atoms with Crippen LogP contribution in [0.4, 0.5) is 0 Å². The quantitative estimate of drug-likeness (QED) is 0.397. The first-order chi connectivity index (χ1) is 1.41. The van der Waals surface area contributed by atoms with Crippen molar-refractivity contribution in [3.05, 3.63) is 0 Å². The Balaban J connectivity index is 0. The molecule has 0 saturated carbocycles. The van der Waals surface area contributed by atoms with E-state index in [2.05, 4.69) is 5.73 Å². The first-order valence-electron chi connectivity index (χ1n) is 0.569. The molecule has 0 aromatic carbocycles. The molecule has 0 aliphatic carbocycles. The summed E-state index contributed by atoms with van der Waals surface area (Å²) in [6.45, 7) is 0. The van der Waals surface area contributed by atoms with Crippen molar-refractivity contribution >= 4 is 6.41 Å². The normalized spacial score (nSPS) is 3.00. The van der Waals surface area contributed by atoms with Crippen LogP contribution in [0.25, 0.3) is 0 Å². The summed E-state index contributed by atoms with van der Waals surface area (Å²) >= 11 is 0.